The minimum Gasteiger partial charge on any atom is -0.392 e. The van der Waals surface area contributed by atoms with Gasteiger partial charge in [0.05, 0.1) is 6.10 Å². The predicted molar refractivity (Wildman–Crippen MR) is 83.4 cm³/mol. The Morgan fingerprint density at radius 3 is 2.16 bits per heavy atom. The molecule has 1 rings (SSSR count). The minimum atomic E-state index is -0.140. The van der Waals surface area contributed by atoms with E-state index in [0.29, 0.717) is 5.92 Å². The molecule has 1 heterocycles. The molecule has 1 unspecified atom stereocenters. The van der Waals surface area contributed by atoms with Crippen molar-refractivity contribution in [3.05, 3.63) is 0 Å². The van der Waals surface area contributed by atoms with Crippen molar-refractivity contribution in [1.82, 2.24) is 4.90 Å². The first-order valence-corrected chi connectivity index (χ1v) is 8.35. The van der Waals surface area contributed by atoms with Crippen LogP contribution < -0.4 is 0 Å². The van der Waals surface area contributed by atoms with Crippen molar-refractivity contribution in [2.45, 2.75) is 78.7 Å². The van der Waals surface area contributed by atoms with Crippen molar-refractivity contribution < 1.29 is 5.11 Å². The molecule has 0 saturated carbocycles. The molecule has 2 heteroatoms. The van der Waals surface area contributed by atoms with Gasteiger partial charge in [-0.2, -0.15) is 0 Å². The second kappa shape index (κ2) is 8.26. The smallest absolute Gasteiger partial charge is 0.0617 e. The van der Waals surface area contributed by atoms with E-state index in [9.17, 15) is 5.11 Å². The normalized spacial score (nSPS) is 20.7. The highest BCUT2D eigenvalue weighted by molar-refractivity contribution is 4.84. The van der Waals surface area contributed by atoms with Gasteiger partial charge in [-0.1, -0.05) is 53.4 Å². The third-order valence-corrected chi connectivity index (χ3v) is 4.54. The van der Waals surface area contributed by atoms with Crippen LogP contribution in [0.15, 0.2) is 0 Å². The molecule has 114 valence electrons. The minimum absolute atomic E-state index is 0.0347. The van der Waals surface area contributed by atoms with Gasteiger partial charge in [0.15, 0.2) is 0 Å². The van der Waals surface area contributed by atoms with Gasteiger partial charge in [0.25, 0.3) is 0 Å². The number of hydrogen-bond donors (Lipinski definition) is 1. The summed E-state index contributed by atoms with van der Waals surface area (Å²) in [6, 6.07) is 0. The second-order valence-corrected chi connectivity index (χ2v) is 7.40. The molecule has 0 radical (unpaired) electrons. The lowest BCUT2D eigenvalue weighted by Gasteiger charge is -2.39. The number of aliphatic hydroxyl groups excluding tert-OH is 1. The van der Waals surface area contributed by atoms with Gasteiger partial charge in [-0.3, -0.25) is 0 Å². The molecular weight excluding hydrogens is 234 g/mol. The first-order chi connectivity index (χ1) is 8.95. The average molecular weight is 269 g/mol. The Morgan fingerprint density at radius 1 is 1.05 bits per heavy atom. The van der Waals surface area contributed by atoms with Crippen LogP contribution in [0.1, 0.15) is 72.6 Å². The molecule has 19 heavy (non-hydrogen) atoms. The SMILES string of the molecule is CCCCCCCN1CCC(C(O)C(C)(C)C)CC1. The van der Waals surface area contributed by atoms with E-state index in [4.69, 9.17) is 0 Å². The number of hydrogen-bond acceptors (Lipinski definition) is 2. The van der Waals surface area contributed by atoms with Gasteiger partial charge in [-0.25, -0.2) is 0 Å². The predicted octanol–water partition coefficient (Wildman–Crippen LogP) is 4.08. The van der Waals surface area contributed by atoms with Crippen LogP contribution in [0.2, 0.25) is 0 Å². The Labute approximate surface area is 120 Å². The van der Waals surface area contributed by atoms with E-state index in [-0.39, 0.29) is 11.5 Å². The monoisotopic (exact) mass is 269 g/mol. The van der Waals surface area contributed by atoms with Crippen LogP contribution in [-0.2, 0) is 0 Å². The Balaban J connectivity index is 2.15. The van der Waals surface area contributed by atoms with E-state index in [1.54, 1.807) is 0 Å². The maximum absolute atomic E-state index is 10.4. The van der Waals surface area contributed by atoms with E-state index in [0.717, 1.165) is 0 Å². The van der Waals surface area contributed by atoms with E-state index in [1.165, 1.54) is 64.6 Å². The molecule has 0 spiro atoms. The zero-order valence-corrected chi connectivity index (χ0v) is 13.6. The Bertz CT molecular complexity index is 226. The van der Waals surface area contributed by atoms with Gasteiger partial charge < -0.3 is 10.0 Å². The van der Waals surface area contributed by atoms with Crippen LogP contribution >= 0.6 is 0 Å². The zero-order valence-electron chi connectivity index (χ0n) is 13.6. The molecule has 1 atom stereocenters. The van der Waals surface area contributed by atoms with E-state index < -0.39 is 0 Å². The molecule has 1 aliphatic rings. The van der Waals surface area contributed by atoms with Crippen molar-refractivity contribution >= 4 is 0 Å². The van der Waals surface area contributed by atoms with Crippen LogP contribution in [0.4, 0.5) is 0 Å². The van der Waals surface area contributed by atoms with Gasteiger partial charge in [-0.15, -0.1) is 0 Å². The van der Waals surface area contributed by atoms with Crippen LogP contribution in [-0.4, -0.2) is 35.7 Å². The van der Waals surface area contributed by atoms with Gasteiger partial charge in [0, 0.05) is 0 Å². The first-order valence-electron chi connectivity index (χ1n) is 8.35. The summed E-state index contributed by atoms with van der Waals surface area (Å²) < 4.78 is 0. The summed E-state index contributed by atoms with van der Waals surface area (Å²) in [5.41, 5.74) is 0.0347. The fourth-order valence-corrected chi connectivity index (χ4v) is 3.14. The standard InChI is InChI=1S/C17H35NO/c1-5-6-7-8-9-12-18-13-10-15(11-14-18)16(19)17(2,3)4/h15-16,19H,5-14H2,1-4H3. The summed E-state index contributed by atoms with van der Waals surface area (Å²) in [6.07, 6.45) is 9.07. The van der Waals surface area contributed by atoms with Crippen molar-refractivity contribution in [1.29, 1.82) is 0 Å². The highest BCUT2D eigenvalue weighted by Crippen LogP contribution is 2.31. The summed E-state index contributed by atoms with van der Waals surface area (Å²) in [5.74, 6) is 0.511. The second-order valence-electron chi connectivity index (χ2n) is 7.40. The zero-order chi connectivity index (χ0) is 14.3. The van der Waals surface area contributed by atoms with Crippen molar-refractivity contribution in [3.8, 4) is 0 Å². The molecular formula is C17H35NO. The summed E-state index contributed by atoms with van der Waals surface area (Å²) in [4.78, 5) is 2.60. The lowest BCUT2D eigenvalue weighted by Crippen LogP contribution is -2.42. The number of aliphatic hydroxyl groups is 1. The number of nitrogens with zero attached hydrogens (tertiary/aromatic N) is 1. The third kappa shape index (κ3) is 6.27. The van der Waals surface area contributed by atoms with Gasteiger partial charge in [0.1, 0.15) is 0 Å². The summed E-state index contributed by atoms with van der Waals surface area (Å²) in [6.45, 7) is 12.4. The summed E-state index contributed by atoms with van der Waals surface area (Å²) >= 11 is 0. The van der Waals surface area contributed by atoms with Crippen molar-refractivity contribution in [3.63, 3.8) is 0 Å². The molecule has 1 saturated heterocycles. The first kappa shape index (κ1) is 17.0. The van der Waals surface area contributed by atoms with Crippen LogP contribution in [0, 0.1) is 11.3 Å². The molecule has 1 N–H and O–H groups in total. The highest BCUT2D eigenvalue weighted by atomic mass is 16.3. The van der Waals surface area contributed by atoms with Crippen LogP contribution in [0.3, 0.4) is 0 Å². The topological polar surface area (TPSA) is 23.5 Å². The molecule has 1 fully saturated rings. The lowest BCUT2D eigenvalue weighted by atomic mass is 9.77. The van der Waals surface area contributed by atoms with Gasteiger partial charge >= 0.3 is 0 Å². The number of likely N-dealkylation sites (tertiary alicyclic amines) is 1. The van der Waals surface area contributed by atoms with E-state index >= 15 is 0 Å². The van der Waals surface area contributed by atoms with Crippen LogP contribution in [0.5, 0.6) is 0 Å². The summed E-state index contributed by atoms with van der Waals surface area (Å²) in [7, 11) is 0. The Morgan fingerprint density at radius 2 is 1.63 bits per heavy atom. The Hall–Kier alpha value is -0.0800. The lowest BCUT2D eigenvalue weighted by molar-refractivity contribution is -0.0134. The number of unbranched alkanes of at least 4 members (excludes halogenated alkanes) is 4. The number of rotatable bonds is 7. The molecule has 0 aromatic heterocycles. The van der Waals surface area contributed by atoms with Crippen molar-refractivity contribution in [2.75, 3.05) is 19.6 Å². The third-order valence-electron chi connectivity index (χ3n) is 4.54. The fraction of sp³-hybridized carbons (Fsp3) is 1.00. The van der Waals surface area contributed by atoms with Gasteiger partial charge in [-0.05, 0) is 50.2 Å². The fourth-order valence-electron chi connectivity index (χ4n) is 3.14. The average Bonchev–Trinajstić information content (AvgIpc) is 2.37. The molecule has 2 nitrogen and oxygen atoms in total. The van der Waals surface area contributed by atoms with E-state index in [1.807, 2.05) is 0 Å². The van der Waals surface area contributed by atoms with E-state index in [2.05, 4.69) is 32.6 Å². The molecule has 0 bridgehead atoms. The molecule has 0 aromatic rings. The van der Waals surface area contributed by atoms with Gasteiger partial charge in [0.2, 0.25) is 0 Å². The quantitative estimate of drug-likeness (QED) is 0.704. The molecule has 0 amide bonds. The van der Waals surface area contributed by atoms with Crippen molar-refractivity contribution in [2.24, 2.45) is 11.3 Å². The number of piperidine rings is 1. The molecule has 0 aliphatic carbocycles. The van der Waals surface area contributed by atoms with Crippen LogP contribution in [0.25, 0.3) is 0 Å². The molecule has 0 aromatic carbocycles. The Kier molecular flexibility index (Phi) is 7.38. The summed E-state index contributed by atoms with van der Waals surface area (Å²) in [5, 5.41) is 10.4. The largest absolute Gasteiger partial charge is 0.392 e. The molecule has 1 aliphatic heterocycles. The highest BCUT2D eigenvalue weighted by Gasteiger charge is 2.32. The maximum atomic E-state index is 10.4. The maximum Gasteiger partial charge on any atom is 0.0617 e.